The Balaban J connectivity index is 1.53. The maximum Gasteiger partial charge on any atom is 0.306 e. The molecule has 0 saturated carbocycles. The minimum Gasteiger partial charge on any atom is -0.475 e. The van der Waals surface area contributed by atoms with Gasteiger partial charge in [-0.1, -0.05) is 5.16 Å². The lowest BCUT2D eigenvalue weighted by molar-refractivity contribution is -0.143. The molecule has 1 N–H and O–H groups in total. The molecule has 0 aliphatic rings. The molecule has 1 aromatic carbocycles. The van der Waals surface area contributed by atoms with Gasteiger partial charge in [0.25, 0.3) is 5.89 Å². The Labute approximate surface area is 186 Å². The molecule has 4 aromatic rings. The molecule has 8 heteroatoms. The molecule has 0 aliphatic carbocycles. The maximum absolute atomic E-state index is 11.6. The van der Waals surface area contributed by atoms with E-state index in [1.807, 2.05) is 51.1 Å². The molecule has 0 bridgehead atoms. The van der Waals surface area contributed by atoms with Crippen LogP contribution in [0.15, 0.2) is 41.1 Å². The summed E-state index contributed by atoms with van der Waals surface area (Å²) in [4.78, 5) is 23.9. The van der Waals surface area contributed by atoms with Crippen LogP contribution < -0.4 is 4.74 Å². The van der Waals surface area contributed by atoms with Gasteiger partial charge in [-0.3, -0.25) is 4.79 Å². The first-order chi connectivity index (χ1) is 15.4. The quantitative estimate of drug-likeness (QED) is 0.395. The second kappa shape index (κ2) is 9.21. The molecular formula is C24H26N4O4. The first kappa shape index (κ1) is 21.5. The van der Waals surface area contributed by atoms with Crippen molar-refractivity contribution in [3.63, 3.8) is 0 Å². The Morgan fingerprint density at radius 1 is 1.19 bits per heavy atom. The van der Waals surface area contributed by atoms with Crippen molar-refractivity contribution in [1.29, 1.82) is 0 Å². The summed E-state index contributed by atoms with van der Waals surface area (Å²) in [7, 11) is 0. The van der Waals surface area contributed by atoms with Crippen molar-refractivity contribution in [2.24, 2.45) is 0 Å². The van der Waals surface area contributed by atoms with E-state index in [1.54, 1.807) is 13.1 Å². The Morgan fingerprint density at radius 2 is 2.03 bits per heavy atom. The number of rotatable bonds is 8. The molecule has 0 spiro atoms. The highest BCUT2D eigenvalue weighted by molar-refractivity contribution is 5.85. The third kappa shape index (κ3) is 4.80. The normalized spacial score (nSPS) is 11.3. The number of hydrogen-bond acceptors (Lipinski definition) is 7. The number of ether oxygens (including phenoxy) is 2. The number of aryl methyl sites for hydroxylation is 2. The number of H-pyrrole nitrogens is 1. The lowest BCUT2D eigenvalue weighted by Gasteiger charge is -2.10. The predicted molar refractivity (Wildman–Crippen MR) is 120 cm³/mol. The van der Waals surface area contributed by atoms with Gasteiger partial charge in [-0.15, -0.1) is 0 Å². The highest BCUT2D eigenvalue weighted by Gasteiger charge is 2.14. The summed E-state index contributed by atoms with van der Waals surface area (Å²) < 4.78 is 16.2. The molecule has 0 amide bonds. The molecule has 0 unspecified atom stereocenters. The van der Waals surface area contributed by atoms with Crippen LogP contribution in [-0.4, -0.2) is 38.8 Å². The first-order valence-electron chi connectivity index (χ1n) is 10.7. The molecule has 0 aliphatic heterocycles. The van der Waals surface area contributed by atoms with Gasteiger partial charge in [-0.25, -0.2) is 4.98 Å². The third-order valence-corrected chi connectivity index (χ3v) is 4.89. The lowest BCUT2D eigenvalue weighted by atomic mass is 10.1. The summed E-state index contributed by atoms with van der Waals surface area (Å²) >= 11 is 0. The molecular weight excluding hydrogens is 408 g/mol. The van der Waals surface area contributed by atoms with Crippen LogP contribution in [0.5, 0.6) is 5.88 Å². The number of aromatic nitrogens is 4. The largest absolute Gasteiger partial charge is 0.475 e. The van der Waals surface area contributed by atoms with E-state index in [-0.39, 0.29) is 12.1 Å². The number of carbonyl (C=O) groups excluding carboxylic acids is 1. The van der Waals surface area contributed by atoms with Crippen LogP contribution in [0.3, 0.4) is 0 Å². The van der Waals surface area contributed by atoms with Crippen molar-refractivity contribution >= 4 is 16.9 Å². The van der Waals surface area contributed by atoms with Crippen LogP contribution in [0.2, 0.25) is 0 Å². The van der Waals surface area contributed by atoms with E-state index in [0.29, 0.717) is 37.0 Å². The standard InChI is InChI=1S/C24H26N4O4/c1-5-30-21(29)9-7-19-12-17-11-16(6-8-20(17)26-19)22-27-24(32-28-22)18-10-15(4)23(25-13-18)31-14(2)3/h6,8,10-14,26H,5,7,9H2,1-4H3. The van der Waals surface area contributed by atoms with Crippen LogP contribution in [-0.2, 0) is 16.0 Å². The van der Waals surface area contributed by atoms with E-state index in [2.05, 4.69) is 20.1 Å². The Kier molecular flexibility index (Phi) is 6.20. The fourth-order valence-electron chi connectivity index (χ4n) is 3.42. The minimum atomic E-state index is -0.195. The van der Waals surface area contributed by atoms with Gasteiger partial charge in [0, 0.05) is 33.9 Å². The molecule has 4 rings (SSSR count). The molecule has 3 aromatic heterocycles. The molecule has 166 valence electrons. The highest BCUT2D eigenvalue weighted by Crippen LogP contribution is 2.27. The number of nitrogens with zero attached hydrogens (tertiary/aromatic N) is 3. The molecule has 32 heavy (non-hydrogen) atoms. The summed E-state index contributed by atoms with van der Waals surface area (Å²) in [6.07, 6.45) is 2.66. The zero-order valence-electron chi connectivity index (χ0n) is 18.6. The van der Waals surface area contributed by atoms with E-state index in [0.717, 1.165) is 33.3 Å². The fourth-order valence-corrected chi connectivity index (χ4v) is 3.42. The minimum absolute atomic E-state index is 0.0519. The number of hydrogen-bond donors (Lipinski definition) is 1. The van der Waals surface area contributed by atoms with Gasteiger partial charge in [0.2, 0.25) is 11.7 Å². The van der Waals surface area contributed by atoms with E-state index in [1.165, 1.54) is 0 Å². The van der Waals surface area contributed by atoms with Crippen LogP contribution in [0.4, 0.5) is 0 Å². The molecule has 8 nitrogen and oxygen atoms in total. The number of pyridine rings is 1. The molecule has 0 radical (unpaired) electrons. The van der Waals surface area contributed by atoms with Gasteiger partial charge in [0.05, 0.1) is 24.7 Å². The van der Waals surface area contributed by atoms with E-state index in [4.69, 9.17) is 14.0 Å². The van der Waals surface area contributed by atoms with Gasteiger partial charge >= 0.3 is 5.97 Å². The number of benzene rings is 1. The first-order valence-corrected chi connectivity index (χ1v) is 10.7. The van der Waals surface area contributed by atoms with Gasteiger partial charge in [0.1, 0.15) is 0 Å². The smallest absolute Gasteiger partial charge is 0.306 e. The molecule has 3 heterocycles. The van der Waals surface area contributed by atoms with Crippen molar-refractivity contribution in [3.05, 3.63) is 47.8 Å². The summed E-state index contributed by atoms with van der Waals surface area (Å²) in [5, 5.41) is 5.15. The van der Waals surface area contributed by atoms with Crippen LogP contribution >= 0.6 is 0 Å². The summed E-state index contributed by atoms with van der Waals surface area (Å²) in [5.41, 5.74) is 4.44. The van der Waals surface area contributed by atoms with E-state index in [9.17, 15) is 4.79 Å². The molecule has 0 fully saturated rings. The molecule has 0 atom stereocenters. The zero-order valence-corrected chi connectivity index (χ0v) is 18.6. The van der Waals surface area contributed by atoms with E-state index < -0.39 is 0 Å². The number of nitrogens with one attached hydrogen (secondary N) is 1. The zero-order chi connectivity index (χ0) is 22.7. The van der Waals surface area contributed by atoms with Crippen LogP contribution in [0, 0.1) is 6.92 Å². The Morgan fingerprint density at radius 3 is 2.78 bits per heavy atom. The monoisotopic (exact) mass is 434 g/mol. The van der Waals surface area contributed by atoms with Crippen molar-refractivity contribution in [3.8, 4) is 28.7 Å². The average molecular weight is 434 g/mol. The van der Waals surface area contributed by atoms with E-state index >= 15 is 0 Å². The van der Waals surface area contributed by atoms with Gasteiger partial charge in [-0.05, 0) is 64.4 Å². The van der Waals surface area contributed by atoms with Crippen molar-refractivity contribution in [2.45, 2.75) is 46.6 Å². The number of esters is 1. The third-order valence-electron chi connectivity index (χ3n) is 4.89. The number of fused-ring (bicyclic) bond motifs is 1. The van der Waals surface area contributed by atoms with Crippen LogP contribution in [0.1, 0.15) is 38.4 Å². The highest BCUT2D eigenvalue weighted by atomic mass is 16.5. The Hall–Kier alpha value is -3.68. The second-order valence-electron chi connectivity index (χ2n) is 7.84. The van der Waals surface area contributed by atoms with Gasteiger partial charge in [0.15, 0.2) is 0 Å². The summed E-state index contributed by atoms with van der Waals surface area (Å²) in [5.74, 6) is 1.30. The van der Waals surface area contributed by atoms with Gasteiger partial charge < -0.3 is 19.0 Å². The summed E-state index contributed by atoms with van der Waals surface area (Å²) in [6.45, 7) is 8.06. The van der Waals surface area contributed by atoms with Crippen LogP contribution in [0.25, 0.3) is 33.7 Å². The van der Waals surface area contributed by atoms with Crippen molar-refractivity contribution in [2.75, 3.05) is 6.61 Å². The topological polar surface area (TPSA) is 103 Å². The summed E-state index contributed by atoms with van der Waals surface area (Å²) in [6, 6.07) is 9.86. The molecule has 0 saturated heterocycles. The number of carbonyl (C=O) groups is 1. The predicted octanol–water partition coefficient (Wildman–Crippen LogP) is 4.87. The Bertz CT molecular complexity index is 1240. The van der Waals surface area contributed by atoms with Gasteiger partial charge in [-0.2, -0.15) is 4.98 Å². The fraction of sp³-hybridized carbons (Fsp3) is 0.333. The average Bonchev–Trinajstić information content (AvgIpc) is 3.40. The maximum atomic E-state index is 11.6. The second-order valence-corrected chi connectivity index (χ2v) is 7.84. The number of aromatic amines is 1. The SMILES string of the molecule is CCOC(=O)CCc1cc2cc(-c3noc(-c4cnc(OC(C)C)c(C)c4)n3)ccc2[nH]1. The van der Waals surface area contributed by atoms with Crippen molar-refractivity contribution in [1.82, 2.24) is 20.1 Å². The lowest BCUT2D eigenvalue weighted by Crippen LogP contribution is -2.08. The van der Waals surface area contributed by atoms with Crippen molar-refractivity contribution < 1.29 is 18.8 Å².